The number of furan rings is 1. The molecule has 6 nitrogen and oxygen atoms in total. The van der Waals surface area contributed by atoms with Crippen LogP contribution < -0.4 is 15.8 Å². The molecule has 0 aliphatic carbocycles. The van der Waals surface area contributed by atoms with Gasteiger partial charge in [0.1, 0.15) is 11.5 Å². The second-order valence-corrected chi connectivity index (χ2v) is 6.27. The number of benzene rings is 1. The topological polar surface area (TPSA) is 89.7 Å². The van der Waals surface area contributed by atoms with Gasteiger partial charge in [0.25, 0.3) is 0 Å². The Balaban J connectivity index is 2.06. The third kappa shape index (κ3) is 5.81. The summed E-state index contributed by atoms with van der Waals surface area (Å²) in [5, 5.41) is 16.9. The Bertz CT molecular complexity index is 907. The van der Waals surface area contributed by atoms with E-state index >= 15 is 0 Å². The van der Waals surface area contributed by atoms with E-state index in [1.165, 1.54) is 18.2 Å². The maximum absolute atomic E-state index is 13.0. The molecule has 2 N–H and O–H groups in total. The van der Waals surface area contributed by atoms with Crippen molar-refractivity contribution in [3.05, 3.63) is 53.0 Å². The zero-order valence-corrected chi connectivity index (χ0v) is 15.8. The van der Waals surface area contributed by atoms with Crippen molar-refractivity contribution in [3.63, 3.8) is 0 Å². The molecular weight excluding hydrogens is 395 g/mol. The molecule has 1 heterocycles. The van der Waals surface area contributed by atoms with E-state index in [1.807, 2.05) is 0 Å². The molecule has 0 atom stereocenters. The van der Waals surface area contributed by atoms with Gasteiger partial charge in [-0.05, 0) is 50.7 Å². The Kier molecular flexibility index (Phi) is 6.79. The molecular formula is C18H17F3N3O3S-. The summed E-state index contributed by atoms with van der Waals surface area (Å²) < 4.78 is 44.5. The van der Waals surface area contributed by atoms with Gasteiger partial charge in [-0.1, -0.05) is 12.1 Å². The molecule has 10 heteroatoms. The Hall–Kier alpha value is -2.88. The molecule has 28 heavy (non-hydrogen) atoms. The smallest absolute Gasteiger partial charge is 0.418 e. The van der Waals surface area contributed by atoms with Crippen LogP contribution in [0.4, 0.5) is 18.9 Å². The van der Waals surface area contributed by atoms with Crippen LogP contribution in [0.3, 0.4) is 0 Å². The molecule has 1 aromatic heterocycles. The van der Waals surface area contributed by atoms with Crippen molar-refractivity contribution in [2.24, 2.45) is 5.10 Å². The van der Waals surface area contributed by atoms with Crippen molar-refractivity contribution in [2.75, 3.05) is 5.32 Å². The van der Waals surface area contributed by atoms with E-state index in [0.717, 1.165) is 6.07 Å². The van der Waals surface area contributed by atoms with Crippen LogP contribution in [0.2, 0.25) is 0 Å². The third-order valence-electron chi connectivity index (χ3n) is 3.74. The minimum Gasteiger partial charge on any atom is -0.550 e. The maximum Gasteiger partial charge on any atom is 0.418 e. The Morgan fingerprint density at radius 1 is 1.32 bits per heavy atom. The minimum absolute atomic E-state index is 0.116. The van der Waals surface area contributed by atoms with Crippen molar-refractivity contribution < 1.29 is 27.5 Å². The lowest BCUT2D eigenvalue weighted by Crippen LogP contribution is -2.26. The Morgan fingerprint density at radius 2 is 2.00 bits per heavy atom. The summed E-state index contributed by atoms with van der Waals surface area (Å²) in [6.45, 7) is 3.34. The molecule has 0 aliphatic rings. The molecule has 0 unspecified atom stereocenters. The first kappa shape index (κ1) is 21.4. The van der Waals surface area contributed by atoms with E-state index < -0.39 is 17.7 Å². The molecule has 0 amide bonds. The summed E-state index contributed by atoms with van der Waals surface area (Å²) in [4.78, 5) is 10.5. The second-order valence-electron chi connectivity index (χ2n) is 5.86. The summed E-state index contributed by atoms with van der Waals surface area (Å²) in [5.74, 6) is -0.193. The fourth-order valence-corrected chi connectivity index (χ4v) is 2.59. The van der Waals surface area contributed by atoms with Crippen LogP contribution in [0.1, 0.15) is 36.0 Å². The lowest BCUT2D eigenvalue weighted by molar-refractivity contribution is -0.305. The van der Waals surface area contributed by atoms with E-state index in [0.29, 0.717) is 22.8 Å². The van der Waals surface area contributed by atoms with Gasteiger partial charge in [-0.15, -0.1) is 0 Å². The highest BCUT2D eigenvalue weighted by Crippen LogP contribution is 2.34. The van der Waals surface area contributed by atoms with Crippen molar-refractivity contribution in [1.29, 1.82) is 0 Å². The summed E-state index contributed by atoms with van der Waals surface area (Å²) >= 11 is 5.00. The summed E-state index contributed by atoms with van der Waals surface area (Å²) in [6.07, 6.45) is -4.51. The average molecular weight is 412 g/mol. The number of alkyl halides is 3. The number of carboxylic acids is 1. The molecule has 150 valence electrons. The SMILES string of the molecule is C/C(=N/NC(=S)Nc1ccccc1C(F)(F)F)c1cc(CCC(=O)[O-])oc1C. The van der Waals surface area contributed by atoms with Crippen molar-refractivity contribution >= 4 is 34.7 Å². The number of carboxylic acid groups (broad SMARTS) is 1. The van der Waals surface area contributed by atoms with E-state index in [9.17, 15) is 23.1 Å². The number of aryl methyl sites for hydroxylation is 2. The van der Waals surface area contributed by atoms with Crippen LogP contribution >= 0.6 is 12.2 Å². The first-order chi connectivity index (χ1) is 13.1. The van der Waals surface area contributed by atoms with Crippen molar-refractivity contribution in [2.45, 2.75) is 32.9 Å². The number of halogens is 3. The van der Waals surface area contributed by atoms with Gasteiger partial charge < -0.3 is 19.6 Å². The quantitative estimate of drug-likeness (QED) is 0.431. The molecule has 0 aliphatic heterocycles. The lowest BCUT2D eigenvalue weighted by atomic mass is 10.1. The largest absolute Gasteiger partial charge is 0.550 e. The number of nitrogens with zero attached hydrogens (tertiary/aromatic N) is 1. The van der Waals surface area contributed by atoms with Crippen molar-refractivity contribution in [1.82, 2.24) is 5.43 Å². The predicted molar refractivity (Wildman–Crippen MR) is 99.8 cm³/mol. The van der Waals surface area contributed by atoms with Crippen LogP contribution in [-0.4, -0.2) is 16.8 Å². The second kappa shape index (κ2) is 8.87. The molecule has 0 saturated carbocycles. The molecule has 0 radical (unpaired) electrons. The van der Waals surface area contributed by atoms with E-state index in [4.69, 9.17) is 16.6 Å². The van der Waals surface area contributed by atoms with Gasteiger partial charge in [-0.3, -0.25) is 5.43 Å². The summed E-state index contributed by atoms with van der Waals surface area (Å²) in [6, 6.07) is 6.60. The number of aliphatic carboxylic acids is 1. The number of hydrogen-bond donors (Lipinski definition) is 2. The van der Waals surface area contributed by atoms with E-state index in [-0.39, 0.29) is 23.6 Å². The molecule has 0 bridgehead atoms. The van der Waals surface area contributed by atoms with Gasteiger partial charge >= 0.3 is 6.18 Å². The van der Waals surface area contributed by atoms with Gasteiger partial charge in [-0.2, -0.15) is 18.3 Å². The number of carbonyl (C=O) groups is 1. The number of hydrogen-bond acceptors (Lipinski definition) is 5. The lowest BCUT2D eigenvalue weighted by Gasteiger charge is -2.14. The fraction of sp³-hybridized carbons (Fsp3) is 0.278. The first-order valence-electron chi connectivity index (χ1n) is 8.15. The highest BCUT2D eigenvalue weighted by Gasteiger charge is 2.33. The van der Waals surface area contributed by atoms with Gasteiger partial charge in [-0.25, -0.2) is 0 Å². The molecule has 0 spiro atoms. The van der Waals surface area contributed by atoms with Gasteiger partial charge in [0.2, 0.25) is 0 Å². The summed E-state index contributed by atoms with van der Waals surface area (Å²) in [5.41, 5.74) is 2.55. The maximum atomic E-state index is 13.0. The predicted octanol–water partition coefficient (Wildman–Crippen LogP) is 3.00. The highest BCUT2D eigenvalue weighted by molar-refractivity contribution is 7.80. The normalized spacial score (nSPS) is 12.0. The van der Waals surface area contributed by atoms with Gasteiger partial charge in [0.15, 0.2) is 5.11 Å². The number of anilines is 1. The third-order valence-corrected chi connectivity index (χ3v) is 3.93. The number of thiocarbonyl (C=S) groups is 1. The number of nitrogens with one attached hydrogen (secondary N) is 2. The van der Waals surface area contributed by atoms with Crippen LogP contribution in [-0.2, 0) is 17.4 Å². The molecule has 0 saturated heterocycles. The zero-order chi connectivity index (χ0) is 20.9. The number of rotatable bonds is 6. The van der Waals surface area contributed by atoms with Crippen LogP contribution in [0.25, 0.3) is 0 Å². The molecule has 2 aromatic rings. The fourth-order valence-electron chi connectivity index (χ4n) is 2.44. The van der Waals surface area contributed by atoms with Crippen molar-refractivity contribution in [3.8, 4) is 0 Å². The first-order valence-corrected chi connectivity index (χ1v) is 8.55. The Labute approximate surface area is 164 Å². The van der Waals surface area contributed by atoms with Crippen LogP contribution in [0.15, 0.2) is 39.9 Å². The van der Waals surface area contributed by atoms with Crippen LogP contribution in [0.5, 0.6) is 0 Å². The van der Waals surface area contributed by atoms with E-state index in [2.05, 4.69) is 15.8 Å². The molecule has 1 aromatic carbocycles. The van der Waals surface area contributed by atoms with E-state index in [1.54, 1.807) is 19.9 Å². The summed E-state index contributed by atoms with van der Waals surface area (Å²) in [7, 11) is 0. The zero-order valence-electron chi connectivity index (χ0n) is 15.0. The molecule has 2 rings (SSSR count). The standard InChI is InChI=1S/C18H18F3N3O3S/c1-10(13-9-12(27-11(13)2)7-8-16(25)26)23-24-17(28)22-15-6-4-3-5-14(15)18(19,20)21/h3-6,9H,7-8H2,1-2H3,(H,25,26)(H2,22,24,28)/p-1/b23-10-. The van der Waals surface area contributed by atoms with Gasteiger partial charge in [0, 0.05) is 18.0 Å². The van der Waals surface area contributed by atoms with Gasteiger partial charge in [0.05, 0.1) is 17.0 Å². The molecule has 0 fully saturated rings. The number of hydrazone groups is 1. The Morgan fingerprint density at radius 3 is 2.64 bits per heavy atom. The van der Waals surface area contributed by atoms with Crippen LogP contribution in [0, 0.1) is 6.92 Å². The number of para-hydroxylation sites is 1. The number of carbonyl (C=O) groups excluding carboxylic acids is 1. The monoisotopic (exact) mass is 412 g/mol. The minimum atomic E-state index is -4.52. The highest BCUT2D eigenvalue weighted by atomic mass is 32.1. The average Bonchev–Trinajstić information content (AvgIpc) is 2.98.